The third-order valence-electron chi connectivity index (χ3n) is 6.43. The van der Waals surface area contributed by atoms with Gasteiger partial charge in [-0.25, -0.2) is 9.98 Å². The number of nitrogens with two attached hydrogens (primary N) is 1. The van der Waals surface area contributed by atoms with Crippen molar-refractivity contribution in [2.24, 2.45) is 10.7 Å². The Bertz CT molecular complexity index is 1170. The maximum Gasteiger partial charge on any atom is 0.256 e. The van der Waals surface area contributed by atoms with Crippen LogP contribution < -0.4 is 16.4 Å². The maximum absolute atomic E-state index is 12.6. The molecule has 0 radical (unpaired) electrons. The third-order valence-corrected chi connectivity index (χ3v) is 6.43. The molecule has 33 heavy (non-hydrogen) atoms. The van der Waals surface area contributed by atoms with E-state index >= 15 is 0 Å². The van der Waals surface area contributed by atoms with Gasteiger partial charge >= 0.3 is 0 Å². The average molecular weight is 441 g/mol. The van der Waals surface area contributed by atoms with E-state index in [9.17, 15) is 4.79 Å². The van der Waals surface area contributed by atoms with E-state index in [0.717, 1.165) is 42.6 Å². The largest absolute Gasteiger partial charge is 0.382 e. The van der Waals surface area contributed by atoms with Crippen molar-refractivity contribution >= 4 is 23.1 Å². The second kappa shape index (κ2) is 9.03. The Labute approximate surface area is 193 Å². The first-order valence-corrected chi connectivity index (χ1v) is 11.5. The molecule has 7 nitrogen and oxygen atoms in total. The molecule has 1 aromatic heterocycles. The fraction of sp³-hybridized carbons (Fsp3) is 0.269. The summed E-state index contributed by atoms with van der Waals surface area (Å²) in [5, 5.41) is 6.48. The van der Waals surface area contributed by atoms with Crippen molar-refractivity contribution < 1.29 is 4.79 Å². The van der Waals surface area contributed by atoms with E-state index in [4.69, 9.17) is 5.73 Å². The van der Waals surface area contributed by atoms with Crippen molar-refractivity contribution in [3.05, 3.63) is 89.2 Å². The number of fused-ring (bicyclic) bond motifs is 1. The number of hydrogen-bond donors (Lipinski definition) is 3. The fourth-order valence-corrected chi connectivity index (χ4v) is 4.82. The van der Waals surface area contributed by atoms with Gasteiger partial charge in [0.25, 0.3) is 5.91 Å². The number of rotatable bonds is 5. The molecule has 4 heterocycles. The lowest BCUT2D eigenvalue weighted by Crippen LogP contribution is -2.40. The minimum absolute atomic E-state index is 0.186. The van der Waals surface area contributed by atoms with Crippen molar-refractivity contribution in [1.29, 1.82) is 0 Å². The van der Waals surface area contributed by atoms with E-state index < -0.39 is 0 Å². The highest BCUT2D eigenvalue weighted by Gasteiger charge is 2.34. The van der Waals surface area contributed by atoms with E-state index in [1.54, 1.807) is 18.5 Å². The lowest BCUT2D eigenvalue weighted by atomic mass is 9.86. The van der Waals surface area contributed by atoms with Gasteiger partial charge in [0.1, 0.15) is 11.7 Å². The Hall–Kier alpha value is -3.71. The standard InChI is InChI=1S/C26H28N6O/c1-2-17-16-20(24-25(27)30-14-15-32(24)23(17)21-6-5-13-28-21)18-8-10-19(11-9-18)26(33)31-22-7-3-4-12-29-22/h3-4,7-12,14-15,21,28H,2,5-6,13,16H2,1H3,(H2,27,30)(H,29,31,33). The zero-order valence-electron chi connectivity index (χ0n) is 18.7. The van der Waals surface area contributed by atoms with Gasteiger partial charge in [-0.05, 0) is 73.2 Å². The monoisotopic (exact) mass is 440 g/mol. The van der Waals surface area contributed by atoms with Crippen LogP contribution in [0.4, 0.5) is 5.82 Å². The normalized spacial score (nSPS) is 20.1. The summed E-state index contributed by atoms with van der Waals surface area (Å²) in [6.07, 6.45) is 9.54. The quantitative estimate of drug-likeness (QED) is 0.653. The number of anilines is 1. The molecular formula is C26H28N6O. The number of carbonyl (C=O) groups excluding carboxylic acids is 1. The molecule has 168 valence electrons. The zero-order valence-corrected chi connectivity index (χ0v) is 18.7. The lowest BCUT2D eigenvalue weighted by Gasteiger charge is -2.39. The van der Waals surface area contributed by atoms with Gasteiger partial charge in [0.2, 0.25) is 0 Å². The molecule has 1 aromatic carbocycles. The number of nitrogens with one attached hydrogen (secondary N) is 2. The van der Waals surface area contributed by atoms with Crippen LogP contribution >= 0.6 is 0 Å². The molecule has 0 bridgehead atoms. The molecule has 2 aromatic rings. The average Bonchev–Trinajstić information content (AvgIpc) is 3.38. The van der Waals surface area contributed by atoms with Crippen LogP contribution in [0.3, 0.4) is 0 Å². The van der Waals surface area contributed by atoms with Gasteiger partial charge in [-0.3, -0.25) is 4.79 Å². The van der Waals surface area contributed by atoms with Gasteiger partial charge in [0.15, 0.2) is 0 Å². The number of pyridine rings is 1. The first kappa shape index (κ1) is 21.2. The van der Waals surface area contributed by atoms with Gasteiger partial charge in [0, 0.05) is 35.9 Å². The molecule has 7 heteroatoms. The number of aromatic nitrogens is 1. The number of amides is 1. The molecule has 0 spiro atoms. The Morgan fingerprint density at radius 2 is 2.09 bits per heavy atom. The summed E-state index contributed by atoms with van der Waals surface area (Å²) in [4.78, 5) is 23.4. The van der Waals surface area contributed by atoms with Gasteiger partial charge < -0.3 is 21.3 Å². The van der Waals surface area contributed by atoms with Crippen LogP contribution in [0.2, 0.25) is 0 Å². The van der Waals surface area contributed by atoms with Crippen LogP contribution in [0, 0.1) is 0 Å². The Kier molecular flexibility index (Phi) is 5.79. The SMILES string of the molecule is CCC1=C(C2CCCN2)N2C=CN=C(N)C2=C(c2ccc(C(=O)Nc3ccccn3)cc2)C1. The molecule has 1 atom stereocenters. The van der Waals surface area contributed by atoms with Crippen molar-refractivity contribution in [3.8, 4) is 0 Å². The summed E-state index contributed by atoms with van der Waals surface area (Å²) in [6.45, 7) is 3.25. The maximum atomic E-state index is 12.6. The number of allylic oxidation sites excluding steroid dienone is 2. The molecular weight excluding hydrogens is 412 g/mol. The summed E-state index contributed by atoms with van der Waals surface area (Å²) in [5.74, 6) is 0.867. The highest BCUT2D eigenvalue weighted by atomic mass is 16.1. The Morgan fingerprint density at radius 3 is 2.79 bits per heavy atom. The summed E-state index contributed by atoms with van der Waals surface area (Å²) in [5.41, 5.74) is 12.8. The molecule has 1 unspecified atom stereocenters. The third kappa shape index (κ3) is 4.07. The van der Waals surface area contributed by atoms with Gasteiger partial charge in [-0.2, -0.15) is 0 Å². The first-order valence-electron chi connectivity index (χ1n) is 11.5. The molecule has 1 fully saturated rings. The summed E-state index contributed by atoms with van der Waals surface area (Å²) >= 11 is 0. The number of carbonyl (C=O) groups is 1. The highest BCUT2D eigenvalue weighted by molar-refractivity contribution is 6.06. The van der Waals surface area contributed by atoms with E-state index in [0.29, 0.717) is 23.3 Å². The number of nitrogens with zero attached hydrogens (tertiary/aromatic N) is 3. The molecule has 5 rings (SSSR count). The fourth-order valence-electron chi connectivity index (χ4n) is 4.82. The summed E-state index contributed by atoms with van der Waals surface area (Å²) in [6, 6.07) is 13.4. The predicted molar refractivity (Wildman–Crippen MR) is 131 cm³/mol. The topological polar surface area (TPSA) is 95.6 Å². The van der Waals surface area contributed by atoms with E-state index in [1.165, 1.54) is 17.7 Å². The number of aliphatic imine (C=N–C) groups is 1. The Morgan fingerprint density at radius 1 is 1.24 bits per heavy atom. The van der Waals surface area contributed by atoms with Crippen molar-refractivity contribution in [3.63, 3.8) is 0 Å². The summed E-state index contributed by atoms with van der Waals surface area (Å²) in [7, 11) is 0. The second-order valence-electron chi connectivity index (χ2n) is 8.42. The van der Waals surface area contributed by atoms with Crippen LogP contribution in [0.5, 0.6) is 0 Å². The smallest absolute Gasteiger partial charge is 0.256 e. The molecule has 3 aliphatic rings. The van der Waals surface area contributed by atoms with Gasteiger partial charge in [-0.15, -0.1) is 0 Å². The van der Waals surface area contributed by atoms with Gasteiger partial charge in [-0.1, -0.05) is 25.1 Å². The van der Waals surface area contributed by atoms with Crippen LogP contribution in [-0.4, -0.2) is 34.2 Å². The number of hydrogen-bond acceptors (Lipinski definition) is 6. The van der Waals surface area contributed by atoms with Gasteiger partial charge in [0.05, 0.1) is 5.70 Å². The van der Waals surface area contributed by atoms with Crippen LogP contribution in [0.15, 0.2) is 83.0 Å². The molecule has 3 aliphatic heterocycles. The van der Waals surface area contributed by atoms with E-state index in [1.807, 2.05) is 42.6 Å². The number of amidine groups is 1. The molecule has 0 saturated carbocycles. The first-order chi connectivity index (χ1) is 16.2. The minimum Gasteiger partial charge on any atom is -0.382 e. The van der Waals surface area contributed by atoms with Crippen LogP contribution in [0.1, 0.15) is 48.5 Å². The number of benzene rings is 1. The van der Waals surface area contributed by atoms with Crippen molar-refractivity contribution in [2.75, 3.05) is 11.9 Å². The molecule has 4 N–H and O–H groups in total. The van der Waals surface area contributed by atoms with Crippen LogP contribution in [0.25, 0.3) is 5.57 Å². The van der Waals surface area contributed by atoms with Crippen molar-refractivity contribution in [1.82, 2.24) is 15.2 Å². The summed E-state index contributed by atoms with van der Waals surface area (Å²) < 4.78 is 0. The zero-order chi connectivity index (χ0) is 22.8. The highest BCUT2D eigenvalue weighted by Crippen LogP contribution is 2.41. The van der Waals surface area contributed by atoms with Crippen LogP contribution in [-0.2, 0) is 0 Å². The Balaban J connectivity index is 1.46. The molecule has 0 aliphatic carbocycles. The molecule has 1 amide bonds. The second-order valence-corrected chi connectivity index (χ2v) is 8.42. The lowest BCUT2D eigenvalue weighted by molar-refractivity contribution is 0.102. The van der Waals surface area contributed by atoms with Crippen molar-refractivity contribution in [2.45, 2.75) is 38.6 Å². The van der Waals surface area contributed by atoms with E-state index in [2.05, 4.69) is 32.4 Å². The van der Waals surface area contributed by atoms with E-state index in [-0.39, 0.29) is 5.91 Å². The predicted octanol–water partition coefficient (Wildman–Crippen LogP) is 4.01. The minimum atomic E-state index is -0.186. The molecule has 1 saturated heterocycles.